The fourth-order valence-electron chi connectivity index (χ4n) is 2.20. The van der Waals surface area contributed by atoms with Gasteiger partial charge in [-0.25, -0.2) is 9.18 Å². The molecule has 4 nitrogen and oxygen atoms in total. The molecular formula is C14H19FN2O2. The Labute approximate surface area is 112 Å². The highest BCUT2D eigenvalue weighted by atomic mass is 19.1. The van der Waals surface area contributed by atoms with Crippen molar-refractivity contribution in [2.75, 3.05) is 0 Å². The fourth-order valence-corrected chi connectivity index (χ4v) is 2.20. The van der Waals surface area contributed by atoms with E-state index in [1.807, 2.05) is 30.3 Å². The topological polar surface area (TPSA) is 64.3 Å². The van der Waals surface area contributed by atoms with Crippen LogP contribution in [-0.4, -0.2) is 24.3 Å². The van der Waals surface area contributed by atoms with Crippen LogP contribution in [0.4, 0.5) is 9.18 Å². The Balaban J connectivity index is 1.73. The van der Waals surface area contributed by atoms with E-state index in [9.17, 15) is 9.18 Å². The van der Waals surface area contributed by atoms with Gasteiger partial charge in [-0.05, 0) is 18.4 Å². The molecule has 0 aromatic heterocycles. The number of amides is 1. The number of carbonyl (C=O) groups is 1. The molecule has 3 N–H and O–H groups in total. The van der Waals surface area contributed by atoms with Crippen LogP contribution in [0.15, 0.2) is 30.3 Å². The Bertz CT molecular complexity index is 413. The van der Waals surface area contributed by atoms with Crippen molar-refractivity contribution in [2.45, 2.75) is 44.1 Å². The van der Waals surface area contributed by atoms with Gasteiger partial charge in [0.05, 0.1) is 0 Å². The van der Waals surface area contributed by atoms with Crippen LogP contribution >= 0.6 is 0 Å². The average molecular weight is 266 g/mol. The normalized spacial score (nSPS) is 26.7. The number of carbonyl (C=O) groups excluding carboxylic acids is 1. The predicted octanol–water partition coefficient (Wildman–Crippen LogP) is 2.13. The van der Waals surface area contributed by atoms with Gasteiger partial charge in [-0.15, -0.1) is 0 Å². The molecule has 1 fully saturated rings. The van der Waals surface area contributed by atoms with E-state index >= 15 is 0 Å². The summed E-state index contributed by atoms with van der Waals surface area (Å²) in [4.78, 5) is 11.6. The van der Waals surface area contributed by atoms with E-state index in [0.29, 0.717) is 12.8 Å². The van der Waals surface area contributed by atoms with Crippen LogP contribution < -0.4 is 11.1 Å². The second-order valence-electron chi connectivity index (χ2n) is 4.90. The third-order valence-electron chi connectivity index (χ3n) is 3.36. The molecule has 0 heterocycles. The van der Waals surface area contributed by atoms with Gasteiger partial charge in [0.25, 0.3) is 0 Å². The van der Waals surface area contributed by atoms with Gasteiger partial charge >= 0.3 is 6.09 Å². The Hall–Kier alpha value is -1.62. The smallest absolute Gasteiger partial charge is 0.407 e. The Kier molecular flexibility index (Phi) is 4.74. The van der Waals surface area contributed by atoms with Crippen LogP contribution in [0.25, 0.3) is 0 Å². The van der Waals surface area contributed by atoms with E-state index in [4.69, 9.17) is 10.5 Å². The summed E-state index contributed by atoms with van der Waals surface area (Å²) in [6.45, 7) is 0.220. The van der Waals surface area contributed by atoms with Gasteiger partial charge < -0.3 is 15.8 Å². The maximum atomic E-state index is 13.4. The number of ether oxygens (including phenoxy) is 1. The lowest BCUT2D eigenvalue weighted by molar-refractivity contribution is 0.124. The number of hydrogen-bond donors (Lipinski definition) is 2. The van der Waals surface area contributed by atoms with Gasteiger partial charge in [-0.3, -0.25) is 0 Å². The summed E-state index contributed by atoms with van der Waals surface area (Å²) in [5.41, 5.74) is 6.51. The minimum atomic E-state index is -1.05. The van der Waals surface area contributed by atoms with Crippen molar-refractivity contribution in [3.63, 3.8) is 0 Å². The molecule has 3 atom stereocenters. The molecule has 1 aliphatic rings. The van der Waals surface area contributed by atoms with Crippen LogP contribution in [0.3, 0.4) is 0 Å². The van der Waals surface area contributed by atoms with E-state index < -0.39 is 18.3 Å². The number of alkyl halides is 1. The molecule has 0 radical (unpaired) electrons. The van der Waals surface area contributed by atoms with Crippen LogP contribution in [-0.2, 0) is 11.3 Å². The van der Waals surface area contributed by atoms with Gasteiger partial charge in [-0.1, -0.05) is 30.3 Å². The van der Waals surface area contributed by atoms with Crippen molar-refractivity contribution < 1.29 is 13.9 Å². The van der Waals surface area contributed by atoms with Gasteiger partial charge in [0.2, 0.25) is 0 Å². The molecule has 0 bridgehead atoms. The number of hydrogen-bond acceptors (Lipinski definition) is 3. The highest BCUT2D eigenvalue weighted by Crippen LogP contribution is 2.20. The molecule has 1 aromatic carbocycles. The molecule has 2 rings (SSSR count). The highest BCUT2D eigenvalue weighted by Gasteiger charge is 2.29. The summed E-state index contributed by atoms with van der Waals surface area (Å²) >= 11 is 0. The maximum absolute atomic E-state index is 13.4. The Morgan fingerprint density at radius 2 is 2.11 bits per heavy atom. The lowest BCUT2D eigenvalue weighted by atomic mass is 9.90. The predicted molar refractivity (Wildman–Crippen MR) is 70.3 cm³/mol. The lowest BCUT2D eigenvalue weighted by Gasteiger charge is -2.29. The first-order valence-electron chi connectivity index (χ1n) is 6.52. The van der Waals surface area contributed by atoms with Crippen molar-refractivity contribution in [1.82, 2.24) is 5.32 Å². The second kappa shape index (κ2) is 6.52. The monoisotopic (exact) mass is 266 g/mol. The highest BCUT2D eigenvalue weighted by molar-refractivity contribution is 5.67. The molecule has 1 saturated carbocycles. The number of alkyl carbamates (subject to hydrolysis) is 1. The van der Waals surface area contributed by atoms with Crippen LogP contribution in [0.5, 0.6) is 0 Å². The number of halogens is 1. The van der Waals surface area contributed by atoms with Crippen LogP contribution in [0.1, 0.15) is 24.8 Å². The Morgan fingerprint density at radius 1 is 1.37 bits per heavy atom. The number of benzene rings is 1. The van der Waals surface area contributed by atoms with E-state index in [2.05, 4.69) is 5.32 Å². The van der Waals surface area contributed by atoms with Crippen molar-refractivity contribution >= 4 is 6.09 Å². The van der Waals surface area contributed by atoms with E-state index in [-0.39, 0.29) is 19.1 Å². The SMILES string of the molecule is N[C@@H]1CC[C@@H](NC(=O)OCc2ccccc2)C[C@@H]1F. The van der Waals surface area contributed by atoms with Gasteiger partial charge in [-0.2, -0.15) is 0 Å². The van der Waals surface area contributed by atoms with E-state index in [1.54, 1.807) is 0 Å². The molecule has 0 unspecified atom stereocenters. The van der Waals surface area contributed by atoms with Crippen molar-refractivity contribution in [3.05, 3.63) is 35.9 Å². The summed E-state index contributed by atoms with van der Waals surface area (Å²) in [5, 5.41) is 2.68. The molecule has 0 saturated heterocycles. The van der Waals surface area contributed by atoms with Crippen LogP contribution in [0, 0.1) is 0 Å². The fraction of sp³-hybridized carbons (Fsp3) is 0.500. The third kappa shape index (κ3) is 4.21. The zero-order valence-corrected chi connectivity index (χ0v) is 10.7. The molecule has 104 valence electrons. The number of nitrogens with two attached hydrogens (primary N) is 1. The van der Waals surface area contributed by atoms with Crippen molar-refractivity contribution in [1.29, 1.82) is 0 Å². The Morgan fingerprint density at radius 3 is 2.79 bits per heavy atom. The molecule has 19 heavy (non-hydrogen) atoms. The summed E-state index contributed by atoms with van der Waals surface area (Å²) in [6.07, 6.45) is -0.00118. The summed E-state index contributed by atoms with van der Waals surface area (Å²) in [6, 6.07) is 8.83. The summed E-state index contributed by atoms with van der Waals surface area (Å²) in [5.74, 6) is 0. The standard InChI is InChI=1S/C14H19FN2O2/c15-12-8-11(6-7-13(12)16)17-14(18)19-9-10-4-2-1-3-5-10/h1-5,11-13H,6-9,16H2,(H,17,18)/t11-,12+,13-/m1/s1. The zero-order chi connectivity index (χ0) is 13.7. The molecule has 1 aromatic rings. The quantitative estimate of drug-likeness (QED) is 0.881. The first kappa shape index (κ1) is 13.8. The summed E-state index contributed by atoms with van der Waals surface area (Å²) in [7, 11) is 0. The van der Waals surface area contributed by atoms with Gasteiger partial charge in [0.1, 0.15) is 12.8 Å². The minimum Gasteiger partial charge on any atom is -0.445 e. The average Bonchev–Trinajstić information content (AvgIpc) is 2.42. The van der Waals surface area contributed by atoms with E-state index in [1.165, 1.54) is 0 Å². The second-order valence-corrected chi connectivity index (χ2v) is 4.90. The molecular weight excluding hydrogens is 247 g/mol. The van der Waals surface area contributed by atoms with E-state index in [0.717, 1.165) is 5.56 Å². The summed E-state index contributed by atoms with van der Waals surface area (Å²) < 4.78 is 18.5. The molecule has 1 amide bonds. The zero-order valence-electron chi connectivity index (χ0n) is 10.7. The lowest BCUT2D eigenvalue weighted by Crippen LogP contribution is -2.46. The molecule has 1 aliphatic carbocycles. The largest absolute Gasteiger partial charge is 0.445 e. The molecule has 0 spiro atoms. The van der Waals surface area contributed by atoms with Gasteiger partial charge in [0, 0.05) is 18.5 Å². The first-order chi connectivity index (χ1) is 9.15. The maximum Gasteiger partial charge on any atom is 0.407 e. The van der Waals surface area contributed by atoms with Gasteiger partial charge in [0.15, 0.2) is 0 Å². The number of rotatable bonds is 3. The molecule has 0 aliphatic heterocycles. The third-order valence-corrected chi connectivity index (χ3v) is 3.36. The van der Waals surface area contributed by atoms with Crippen molar-refractivity contribution in [3.8, 4) is 0 Å². The number of nitrogens with one attached hydrogen (secondary N) is 1. The first-order valence-corrected chi connectivity index (χ1v) is 6.52. The minimum absolute atomic E-state index is 0.182. The van der Waals surface area contributed by atoms with Crippen molar-refractivity contribution in [2.24, 2.45) is 5.73 Å². The van der Waals surface area contributed by atoms with Crippen LogP contribution in [0.2, 0.25) is 0 Å². The molecule has 5 heteroatoms.